The van der Waals surface area contributed by atoms with Gasteiger partial charge in [0.05, 0.1) is 18.0 Å². The highest BCUT2D eigenvalue weighted by Gasteiger charge is 2.23. The summed E-state index contributed by atoms with van der Waals surface area (Å²) >= 11 is 3.04. The minimum absolute atomic E-state index is 0.101. The number of thiophene rings is 1. The molecule has 8 heteroatoms. The fraction of sp³-hybridized carbons (Fsp3) is 0.208. The van der Waals surface area contributed by atoms with Gasteiger partial charge in [0.15, 0.2) is 11.0 Å². The van der Waals surface area contributed by atoms with Crippen LogP contribution in [0.25, 0.3) is 0 Å². The van der Waals surface area contributed by atoms with Crippen LogP contribution >= 0.6 is 23.1 Å². The maximum absolute atomic E-state index is 12.8. The largest absolute Gasteiger partial charge is 0.497 e. The van der Waals surface area contributed by atoms with Gasteiger partial charge in [0, 0.05) is 12.8 Å². The van der Waals surface area contributed by atoms with Gasteiger partial charge in [0.1, 0.15) is 5.75 Å². The Morgan fingerprint density at radius 1 is 1.06 bits per heavy atom. The van der Waals surface area contributed by atoms with Gasteiger partial charge in [-0.05, 0) is 41.1 Å². The Kier molecular flexibility index (Phi) is 7.24. The number of carbonyl (C=O) groups is 1. The van der Waals surface area contributed by atoms with Crippen molar-refractivity contribution in [2.24, 2.45) is 7.05 Å². The Labute approximate surface area is 195 Å². The van der Waals surface area contributed by atoms with Crippen molar-refractivity contribution in [2.45, 2.75) is 23.4 Å². The molecule has 0 saturated heterocycles. The van der Waals surface area contributed by atoms with Crippen molar-refractivity contribution < 1.29 is 9.53 Å². The first-order valence-electron chi connectivity index (χ1n) is 10.2. The Hall–Kier alpha value is -3.10. The van der Waals surface area contributed by atoms with E-state index in [9.17, 15) is 4.79 Å². The maximum atomic E-state index is 12.8. The number of benzene rings is 2. The van der Waals surface area contributed by atoms with Crippen molar-refractivity contribution in [2.75, 3.05) is 7.11 Å². The van der Waals surface area contributed by atoms with Crippen LogP contribution in [0.15, 0.2) is 77.3 Å². The summed E-state index contributed by atoms with van der Waals surface area (Å²) in [5, 5.41) is 14.7. The molecule has 0 bridgehead atoms. The number of carbonyl (C=O) groups excluding carboxylic acids is 1. The average molecular weight is 465 g/mol. The first-order valence-corrected chi connectivity index (χ1v) is 12.0. The van der Waals surface area contributed by atoms with Crippen LogP contribution < -0.4 is 10.1 Å². The minimum atomic E-state index is -0.292. The molecule has 0 aliphatic rings. The van der Waals surface area contributed by atoms with Gasteiger partial charge >= 0.3 is 0 Å². The van der Waals surface area contributed by atoms with Gasteiger partial charge in [0.2, 0.25) is 0 Å². The summed E-state index contributed by atoms with van der Waals surface area (Å²) in [5.41, 5.74) is 2.30. The highest BCUT2D eigenvalue weighted by Crippen LogP contribution is 2.26. The highest BCUT2D eigenvalue weighted by atomic mass is 32.2. The fourth-order valence-corrected chi connectivity index (χ4v) is 4.82. The number of hydrogen-bond acceptors (Lipinski definition) is 6. The molecule has 0 aliphatic heterocycles. The van der Waals surface area contributed by atoms with Crippen molar-refractivity contribution in [1.82, 2.24) is 20.1 Å². The van der Waals surface area contributed by atoms with Crippen LogP contribution in [0.2, 0.25) is 0 Å². The van der Waals surface area contributed by atoms with Crippen LogP contribution in [0.5, 0.6) is 5.75 Å². The van der Waals surface area contributed by atoms with E-state index in [0.29, 0.717) is 11.3 Å². The number of aromatic nitrogens is 3. The number of amides is 1. The molecule has 164 valence electrons. The van der Waals surface area contributed by atoms with E-state index in [1.54, 1.807) is 18.9 Å². The molecular formula is C24H24N4O2S2. The molecule has 6 nitrogen and oxygen atoms in total. The van der Waals surface area contributed by atoms with Crippen LogP contribution in [-0.2, 0) is 19.2 Å². The quantitative estimate of drug-likeness (QED) is 0.357. The van der Waals surface area contributed by atoms with Crippen molar-refractivity contribution in [3.05, 3.63) is 93.9 Å². The number of nitrogens with one attached hydrogen (secondary N) is 1. The van der Waals surface area contributed by atoms with Crippen molar-refractivity contribution in [3.8, 4) is 5.75 Å². The summed E-state index contributed by atoms with van der Waals surface area (Å²) in [6.45, 7) is 0. The molecule has 1 atom stereocenters. The topological polar surface area (TPSA) is 69.0 Å². The molecule has 1 amide bonds. The molecular weight excluding hydrogens is 440 g/mol. The van der Waals surface area contributed by atoms with E-state index in [4.69, 9.17) is 4.74 Å². The third-order valence-electron chi connectivity index (χ3n) is 5.04. The van der Waals surface area contributed by atoms with Gasteiger partial charge in [-0.15, -0.1) is 21.5 Å². The van der Waals surface area contributed by atoms with Gasteiger partial charge in [-0.3, -0.25) is 4.79 Å². The molecule has 0 aliphatic carbocycles. The summed E-state index contributed by atoms with van der Waals surface area (Å²) in [6.07, 6.45) is 0.632. The maximum Gasteiger partial charge on any atom is 0.261 e. The van der Waals surface area contributed by atoms with Crippen LogP contribution in [0.3, 0.4) is 0 Å². The summed E-state index contributed by atoms with van der Waals surface area (Å²) in [7, 11) is 3.61. The molecule has 2 aromatic heterocycles. The van der Waals surface area contributed by atoms with Gasteiger partial charge < -0.3 is 14.6 Å². The highest BCUT2D eigenvalue weighted by molar-refractivity contribution is 7.98. The van der Waals surface area contributed by atoms with Crippen LogP contribution in [0.4, 0.5) is 0 Å². The van der Waals surface area contributed by atoms with Gasteiger partial charge in [-0.1, -0.05) is 60.3 Å². The lowest BCUT2D eigenvalue weighted by molar-refractivity contribution is 0.0938. The molecule has 0 spiro atoms. The molecule has 32 heavy (non-hydrogen) atoms. The Morgan fingerprint density at radius 2 is 1.84 bits per heavy atom. The third kappa shape index (κ3) is 5.38. The molecule has 0 saturated carbocycles. The number of ether oxygens (including phenoxy) is 1. The van der Waals surface area contributed by atoms with Gasteiger partial charge in [-0.2, -0.15) is 0 Å². The number of rotatable bonds is 9. The first kappa shape index (κ1) is 22.1. The second-order valence-electron chi connectivity index (χ2n) is 7.23. The van der Waals surface area contributed by atoms with Gasteiger partial charge in [0.25, 0.3) is 5.91 Å². The molecule has 2 heterocycles. The molecule has 0 unspecified atom stereocenters. The first-order chi connectivity index (χ1) is 15.6. The van der Waals surface area contributed by atoms with Crippen molar-refractivity contribution >= 4 is 29.0 Å². The fourth-order valence-electron chi connectivity index (χ4n) is 3.32. The minimum Gasteiger partial charge on any atom is -0.497 e. The van der Waals surface area contributed by atoms with Gasteiger partial charge in [-0.25, -0.2) is 0 Å². The smallest absolute Gasteiger partial charge is 0.261 e. The lowest BCUT2D eigenvalue weighted by atomic mass is 10.1. The molecule has 4 aromatic rings. The SMILES string of the molecule is COc1ccc(CSc2nnc([C@H](Cc3ccccc3)NC(=O)c3cccs3)n2C)cc1. The molecule has 1 N–H and O–H groups in total. The second-order valence-corrected chi connectivity index (χ2v) is 9.12. The van der Waals surface area contributed by atoms with E-state index >= 15 is 0 Å². The summed E-state index contributed by atoms with van der Waals surface area (Å²) < 4.78 is 7.19. The zero-order valence-corrected chi connectivity index (χ0v) is 19.5. The average Bonchev–Trinajstić information content (AvgIpc) is 3.49. The van der Waals surface area contributed by atoms with E-state index in [1.165, 1.54) is 16.9 Å². The Balaban J connectivity index is 1.52. The lowest BCUT2D eigenvalue weighted by Gasteiger charge is -2.18. The van der Waals surface area contributed by atoms with E-state index in [-0.39, 0.29) is 11.9 Å². The van der Waals surface area contributed by atoms with Crippen LogP contribution in [0, 0.1) is 0 Å². The predicted octanol–water partition coefficient (Wildman–Crippen LogP) is 4.89. The Morgan fingerprint density at radius 3 is 2.53 bits per heavy atom. The summed E-state index contributed by atoms with van der Waals surface area (Å²) in [4.78, 5) is 13.5. The predicted molar refractivity (Wildman–Crippen MR) is 128 cm³/mol. The molecule has 2 aromatic carbocycles. The van der Waals surface area contributed by atoms with E-state index in [0.717, 1.165) is 28.0 Å². The monoisotopic (exact) mass is 464 g/mol. The van der Waals surface area contributed by atoms with Crippen molar-refractivity contribution in [1.29, 1.82) is 0 Å². The number of hydrogen-bond donors (Lipinski definition) is 1. The third-order valence-corrected chi connectivity index (χ3v) is 7.00. The van der Waals surface area contributed by atoms with E-state index in [2.05, 4.69) is 27.6 Å². The zero-order chi connectivity index (χ0) is 22.3. The number of nitrogens with zero attached hydrogens (tertiary/aromatic N) is 3. The standard InChI is InChI=1S/C24H24N4O2S2/c1-28-22(26-27-24(28)32-16-18-10-12-19(30-2)13-11-18)20(15-17-7-4-3-5-8-17)25-23(29)21-9-6-14-31-21/h3-14,20H,15-16H2,1-2H3,(H,25,29)/t20-/m0/s1. The second kappa shape index (κ2) is 10.5. The lowest BCUT2D eigenvalue weighted by Crippen LogP contribution is -2.31. The molecule has 0 fully saturated rings. The molecule has 4 rings (SSSR count). The van der Waals surface area contributed by atoms with E-state index in [1.807, 2.05) is 71.6 Å². The van der Waals surface area contributed by atoms with Crippen LogP contribution in [0.1, 0.15) is 32.7 Å². The van der Waals surface area contributed by atoms with Crippen LogP contribution in [-0.4, -0.2) is 27.8 Å². The number of thioether (sulfide) groups is 1. The van der Waals surface area contributed by atoms with E-state index < -0.39 is 0 Å². The van der Waals surface area contributed by atoms with Crippen molar-refractivity contribution in [3.63, 3.8) is 0 Å². The summed E-state index contributed by atoms with van der Waals surface area (Å²) in [5.74, 6) is 2.23. The normalized spacial score (nSPS) is 11.8. The summed E-state index contributed by atoms with van der Waals surface area (Å²) in [6, 6.07) is 21.5. The zero-order valence-electron chi connectivity index (χ0n) is 17.9. The number of methoxy groups -OCH3 is 1. The Bertz CT molecular complexity index is 1140. The molecule has 0 radical (unpaired) electrons.